The molecule has 0 N–H and O–H groups in total. The summed E-state index contributed by atoms with van der Waals surface area (Å²) in [6.07, 6.45) is 5.74. The summed E-state index contributed by atoms with van der Waals surface area (Å²) >= 11 is 6.65. The van der Waals surface area contributed by atoms with Crippen LogP contribution in [0.15, 0.2) is 18.2 Å². The first-order valence-corrected chi connectivity index (χ1v) is 10.2. The van der Waals surface area contributed by atoms with Crippen molar-refractivity contribution in [3.8, 4) is 0 Å². The average molecular weight is 387 g/mol. The van der Waals surface area contributed by atoms with E-state index in [2.05, 4.69) is 0 Å². The molecule has 2 aliphatic heterocycles. The molecule has 5 nitrogen and oxygen atoms in total. The minimum atomic E-state index is -0.464. The number of piperidine rings is 1. The monoisotopic (exact) mass is 386 g/mol. The molecule has 0 bridgehead atoms. The van der Waals surface area contributed by atoms with Crippen molar-refractivity contribution in [2.24, 2.45) is 0 Å². The lowest BCUT2D eigenvalue weighted by Crippen LogP contribution is -2.47. The van der Waals surface area contributed by atoms with Gasteiger partial charge < -0.3 is 14.4 Å². The largest absolute Gasteiger partial charge is 0.347 e. The fourth-order valence-electron chi connectivity index (χ4n) is 4.52. The van der Waals surface area contributed by atoms with E-state index < -0.39 is 5.79 Å². The van der Waals surface area contributed by atoms with Crippen molar-refractivity contribution in [2.45, 2.75) is 44.3 Å². The van der Waals surface area contributed by atoms with E-state index in [0.29, 0.717) is 31.9 Å². The van der Waals surface area contributed by atoms with Crippen molar-refractivity contribution < 1.29 is 14.3 Å². The molecule has 2 aromatic rings. The third kappa shape index (κ3) is 3.02. The molecule has 1 aromatic carbocycles. The third-order valence-corrected chi connectivity index (χ3v) is 6.50. The van der Waals surface area contributed by atoms with E-state index in [4.69, 9.17) is 26.1 Å². The Morgan fingerprint density at radius 1 is 1.11 bits per heavy atom. The summed E-state index contributed by atoms with van der Waals surface area (Å²) in [5.74, 6) is -0.422. The molecular weight excluding hydrogens is 364 g/mol. The summed E-state index contributed by atoms with van der Waals surface area (Å²) in [6, 6.07) is 5.72. The van der Waals surface area contributed by atoms with E-state index >= 15 is 0 Å². The predicted molar refractivity (Wildman–Crippen MR) is 103 cm³/mol. The van der Waals surface area contributed by atoms with Crippen molar-refractivity contribution in [3.05, 3.63) is 40.0 Å². The maximum atomic E-state index is 13.0. The van der Waals surface area contributed by atoms with Gasteiger partial charge in [-0.15, -0.1) is 0 Å². The maximum absolute atomic E-state index is 13.0. The Labute approximate surface area is 163 Å². The molecule has 27 heavy (non-hydrogen) atoms. The van der Waals surface area contributed by atoms with Gasteiger partial charge in [-0.25, -0.2) is 0 Å². The fraction of sp³-hybridized carbons (Fsp3) is 0.524. The number of rotatable bonds is 1. The van der Waals surface area contributed by atoms with Gasteiger partial charge in [0.2, 0.25) is 0 Å². The van der Waals surface area contributed by atoms with E-state index in [1.54, 1.807) is 0 Å². The van der Waals surface area contributed by atoms with Crippen LogP contribution < -0.4 is 0 Å². The lowest BCUT2D eigenvalue weighted by atomic mass is 9.94. The summed E-state index contributed by atoms with van der Waals surface area (Å²) < 4.78 is 11.5. The van der Waals surface area contributed by atoms with Gasteiger partial charge in [0.15, 0.2) is 5.79 Å². The van der Waals surface area contributed by atoms with Gasteiger partial charge in [0.05, 0.1) is 23.8 Å². The number of aryl methyl sites for hydroxylation is 1. The number of nitrogens with zero attached hydrogens (tertiary/aromatic N) is 2. The first-order valence-electron chi connectivity index (χ1n) is 9.83. The number of carbonyl (C=O) groups is 1. The van der Waals surface area contributed by atoms with Crippen LogP contribution in [0.25, 0.3) is 10.9 Å². The number of amides is 1. The van der Waals surface area contributed by atoms with Crippen molar-refractivity contribution in [1.29, 1.82) is 0 Å². The number of hydrogen-bond donors (Lipinski definition) is 0. The summed E-state index contributed by atoms with van der Waals surface area (Å²) in [7, 11) is 0. The van der Waals surface area contributed by atoms with Gasteiger partial charge in [-0.3, -0.25) is 9.78 Å². The molecule has 2 fully saturated rings. The van der Waals surface area contributed by atoms with Crippen molar-refractivity contribution in [3.63, 3.8) is 0 Å². The van der Waals surface area contributed by atoms with Crippen LogP contribution in [0.3, 0.4) is 0 Å². The second kappa shape index (κ2) is 6.73. The van der Waals surface area contributed by atoms with Gasteiger partial charge in [-0.2, -0.15) is 0 Å². The Kier molecular flexibility index (Phi) is 4.34. The fourth-order valence-corrected chi connectivity index (χ4v) is 4.88. The SMILES string of the molecule is O=C(c1ccc2c(Cl)c3c(nc2c1)CCCC3)N1CCC2(CC1)OCCO2. The molecule has 1 spiro atoms. The van der Waals surface area contributed by atoms with Crippen LogP contribution in [-0.4, -0.2) is 47.9 Å². The van der Waals surface area contributed by atoms with E-state index in [1.165, 1.54) is 12.0 Å². The molecule has 0 radical (unpaired) electrons. The quantitative estimate of drug-likeness (QED) is 0.749. The highest BCUT2D eigenvalue weighted by Gasteiger charge is 2.40. The second-order valence-electron chi connectivity index (χ2n) is 7.69. The van der Waals surface area contributed by atoms with Crippen LogP contribution >= 0.6 is 11.6 Å². The number of likely N-dealkylation sites (tertiary alicyclic amines) is 1. The normalized spacial score (nSPS) is 21.6. The molecule has 0 atom stereocenters. The number of fused-ring (bicyclic) bond motifs is 2. The number of halogens is 1. The van der Waals surface area contributed by atoms with Crippen LogP contribution in [0.1, 0.15) is 47.3 Å². The van der Waals surface area contributed by atoms with E-state index in [0.717, 1.165) is 53.7 Å². The first-order chi connectivity index (χ1) is 13.2. The van der Waals surface area contributed by atoms with Gasteiger partial charge >= 0.3 is 0 Å². The van der Waals surface area contributed by atoms with Gasteiger partial charge in [-0.1, -0.05) is 17.7 Å². The van der Waals surface area contributed by atoms with E-state index in [9.17, 15) is 4.79 Å². The number of aromatic nitrogens is 1. The topological polar surface area (TPSA) is 51.7 Å². The van der Waals surface area contributed by atoms with E-state index in [-0.39, 0.29) is 5.91 Å². The number of carbonyl (C=O) groups excluding carboxylic acids is 1. The van der Waals surface area contributed by atoms with Crippen LogP contribution in [0.4, 0.5) is 0 Å². The molecule has 0 saturated carbocycles. The molecule has 3 aliphatic rings. The number of hydrogen-bond acceptors (Lipinski definition) is 4. The van der Waals surface area contributed by atoms with E-state index in [1.807, 2.05) is 23.1 Å². The average Bonchev–Trinajstić information content (AvgIpc) is 3.16. The standard InChI is InChI=1S/C21H23ClN2O3/c22-19-15-3-1-2-4-17(15)23-18-13-14(5-6-16(18)19)20(25)24-9-7-21(8-10-24)26-11-12-27-21/h5-6,13H,1-4,7-12H2. The summed E-state index contributed by atoms with van der Waals surface area (Å²) in [4.78, 5) is 19.7. The third-order valence-electron chi connectivity index (χ3n) is 6.07. The van der Waals surface area contributed by atoms with Gasteiger partial charge in [-0.05, 0) is 43.4 Å². The lowest BCUT2D eigenvalue weighted by Gasteiger charge is -2.37. The molecule has 1 amide bonds. The highest BCUT2D eigenvalue weighted by Crippen LogP contribution is 2.34. The summed E-state index contributed by atoms with van der Waals surface area (Å²) in [5, 5.41) is 1.75. The van der Waals surface area contributed by atoms with Gasteiger partial charge in [0, 0.05) is 42.6 Å². The molecule has 5 rings (SSSR count). The molecule has 6 heteroatoms. The highest BCUT2D eigenvalue weighted by atomic mass is 35.5. The minimum Gasteiger partial charge on any atom is -0.347 e. The predicted octanol–water partition coefficient (Wildman–Crippen LogP) is 3.75. The minimum absolute atomic E-state index is 0.0420. The molecule has 0 unspecified atom stereocenters. The molecule has 142 valence electrons. The van der Waals surface area contributed by atoms with Crippen LogP contribution in [0.5, 0.6) is 0 Å². The highest BCUT2D eigenvalue weighted by molar-refractivity contribution is 6.36. The molecule has 2 saturated heterocycles. The lowest BCUT2D eigenvalue weighted by molar-refractivity contribution is -0.181. The van der Waals surface area contributed by atoms with Crippen LogP contribution in [0.2, 0.25) is 5.02 Å². The first kappa shape index (κ1) is 17.4. The Hall–Kier alpha value is -1.69. The Balaban J connectivity index is 1.41. The van der Waals surface area contributed by atoms with Crippen molar-refractivity contribution in [1.82, 2.24) is 9.88 Å². The molecule has 1 aromatic heterocycles. The van der Waals surface area contributed by atoms with Crippen LogP contribution in [0, 0.1) is 0 Å². The molecule has 3 heterocycles. The Morgan fingerprint density at radius 3 is 2.63 bits per heavy atom. The van der Waals surface area contributed by atoms with Crippen molar-refractivity contribution >= 4 is 28.4 Å². The Bertz CT molecular complexity index is 898. The summed E-state index contributed by atoms with van der Waals surface area (Å²) in [6.45, 7) is 2.59. The smallest absolute Gasteiger partial charge is 0.253 e. The van der Waals surface area contributed by atoms with Crippen molar-refractivity contribution in [2.75, 3.05) is 26.3 Å². The van der Waals surface area contributed by atoms with Gasteiger partial charge in [0.1, 0.15) is 0 Å². The zero-order chi connectivity index (χ0) is 18.4. The molecular formula is C21H23ClN2O3. The Morgan fingerprint density at radius 2 is 1.85 bits per heavy atom. The summed E-state index contributed by atoms with van der Waals surface area (Å²) in [5.41, 5.74) is 3.78. The number of benzene rings is 1. The van der Waals surface area contributed by atoms with Gasteiger partial charge in [0.25, 0.3) is 5.91 Å². The zero-order valence-corrected chi connectivity index (χ0v) is 16.1. The zero-order valence-electron chi connectivity index (χ0n) is 15.3. The maximum Gasteiger partial charge on any atom is 0.253 e. The number of ether oxygens (including phenoxy) is 2. The van der Waals surface area contributed by atoms with Crippen LogP contribution in [-0.2, 0) is 22.3 Å². The number of pyridine rings is 1. The molecule has 1 aliphatic carbocycles. The second-order valence-corrected chi connectivity index (χ2v) is 8.07.